The monoisotopic (exact) mass is 464 g/mol. The van der Waals surface area contributed by atoms with Gasteiger partial charge in [0.15, 0.2) is 11.5 Å². The Labute approximate surface area is 194 Å². The number of nitrogens with one attached hydrogen (secondary N) is 2. The fourth-order valence-electron chi connectivity index (χ4n) is 4.43. The number of fused-ring (bicyclic) bond motifs is 2. The third-order valence-corrected chi connectivity index (χ3v) is 7.42. The molecule has 0 radical (unpaired) electrons. The molecule has 4 aromatic heterocycles. The molecular weight excluding hydrogens is 439 g/mol. The largest absolute Gasteiger partial charge is 0.355 e. The molecule has 0 bridgehead atoms. The van der Waals surface area contributed by atoms with Crippen LogP contribution in [0, 0.1) is 18.7 Å². The number of carbonyl (C=O) groups is 1. The normalized spacial score (nSPS) is 18.5. The van der Waals surface area contributed by atoms with Crippen LogP contribution in [0.4, 0.5) is 15.9 Å². The summed E-state index contributed by atoms with van der Waals surface area (Å²) in [7, 11) is 0. The van der Waals surface area contributed by atoms with Crippen LogP contribution in [0.15, 0.2) is 36.7 Å². The number of aromatic nitrogens is 3. The van der Waals surface area contributed by atoms with E-state index in [0.29, 0.717) is 22.3 Å². The summed E-state index contributed by atoms with van der Waals surface area (Å²) in [5.41, 5.74) is 1.35. The van der Waals surface area contributed by atoms with Gasteiger partial charge in [0.1, 0.15) is 10.6 Å². The van der Waals surface area contributed by atoms with Crippen LogP contribution in [0.1, 0.15) is 34.6 Å². The van der Waals surface area contributed by atoms with E-state index in [0.717, 1.165) is 48.0 Å². The molecule has 170 valence electrons. The predicted molar refractivity (Wildman–Crippen MR) is 129 cm³/mol. The van der Waals surface area contributed by atoms with Gasteiger partial charge in [-0.1, -0.05) is 0 Å². The van der Waals surface area contributed by atoms with Crippen LogP contribution in [-0.2, 0) is 0 Å². The highest BCUT2D eigenvalue weighted by molar-refractivity contribution is 7.20. The molecule has 1 saturated heterocycles. The van der Waals surface area contributed by atoms with Crippen molar-refractivity contribution in [2.24, 2.45) is 5.92 Å². The van der Waals surface area contributed by atoms with Gasteiger partial charge < -0.3 is 19.9 Å². The van der Waals surface area contributed by atoms with E-state index in [1.807, 2.05) is 18.2 Å². The van der Waals surface area contributed by atoms with E-state index in [2.05, 4.69) is 20.5 Å². The number of rotatable bonds is 6. The molecule has 0 spiro atoms. The van der Waals surface area contributed by atoms with E-state index in [-0.39, 0.29) is 11.6 Å². The first-order valence-corrected chi connectivity index (χ1v) is 12.2. The summed E-state index contributed by atoms with van der Waals surface area (Å²) in [5.74, 6) is 1.08. The molecule has 1 amide bonds. The van der Waals surface area contributed by atoms with Crippen molar-refractivity contribution in [3.63, 3.8) is 0 Å². The standard InChI is InChI=1S/C24H25FN6OS/c1-14-11-31-13-18(9-19(25)22(31)27-14)28-23(32)20-8-16-4-5-21(29-24(16)33-20)30-7-6-17(12-30)26-10-15-2-3-15/h4-5,8-9,11,13,15,17,26H,2-3,6-7,10,12H2,1H3,(H,28,32). The highest BCUT2D eigenvalue weighted by atomic mass is 32.1. The average Bonchev–Trinajstić information content (AvgIpc) is 3.18. The van der Waals surface area contributed by atoms with E-state index in [4.69, 9.17) is 4.98 Å². The van der Waals surface area contributed by atoms with Crippen LogP contribution in [0.5, 0.6) is 0 Å². The van der Waals surface area contributed by atoms with E-state index in [1.54, 1.807) is 23.7 Å². The number of thiophene rings is 1. The van der Waals surface area contributed by atoms with E-state index in [1.165, 1.54) is 30.2 Å². The zero-order valence-corrected chi connectivity index (χ0v) is 19.2. The summed E-state index contributed by atoms with van der Waals surface area (Å²) in [6.07, 6.45) is 7.25. The molecule has 2 fully saturated rings. The highest BCUT2D eigenvalue weighted by Crippen LogP contribution is 2.30. The maximum Gasteiger partial charge on any atom is 0.265 e. The van der Waals surface area contributed by atoms with Crippen LogP contribution >= 0.6 is 11.3 Å². The molecule has 1 atom stereocenters. The first-order valence-electron chi connectivity index (χ1n) is 11.4. The SMILES string of the molecule is Cc1cn2cc(NC(=O)c3cc4ccc(N5CCC(NCC6CC6)C5)nc4s3)cc(F)c2n1. The number of imidazole rings is 1. The number of pyridine rings is 2. The smallest absolute Gasteiger partial charge is 0.265 e. The first kappa shape index (κ1) is 20.6. The number of nitrogens with zero attached hydrogens (tertiary/aromatic N) is 4. The maximum atomic E-state index is 14.3. The van der Waals surface area contributed by atoms with Crippen molar-refractivity contribution in [2.75, 3.05) is 29.9 Å². The van der Waals surface area contributed by atoms with Crippen molar-refractivity contribution in [3.8, 4) is 0 Å². The Balaban J connectivity index is 1.17. The summed E-state index contributed by atoms with van der Waals surface area (Å²) >= 11 is 1.35. The molecule has 1 aliphatic heterocycles. The number of hydrogen-bond donors (Lipinski definition) is 2. The van der Waals surface area contributed by atoms with E-state index >= 15 is 0 Å². The zero-order chi connectivity index (χ0) is 22.5. The van der Waals surface area contributed by atoms with Crippen LogP contribution in [0.3, 0.4) is 0 Å². The fraction of sp³-hybridized carbons (Fsp3) is 0.375. The second-order valence-electron chi connectivity index (χ2n) is 9.10. The maximum absolute atomic E-state index is 14.3. The first-order chi connectivity index (χ1) is 16.0. The Hall–Kier alpha value is -3.04. The van der Waals surface area contributed by atoms with Gasteiger partial charge in [0.2, 0.25) is 0 Å². The molecule has 1 unspecified atom stereocenters. The highest BCUT2D eigenvalue weighted by Gasteiger charge is 2.27. The molecule has 33 heavy (non-hydrogen) atoms. The third-order valence-electron chi connectivity index (χ3n) is 6.38. The number of halogens is 1. The summed E-state index contributed by atoms with van der Waals surface area (Å²) < 4.78 is 15.9. The van der Waals surface area contributed by atoms with Crippen molar-refractivity contribution >= 4 is 44.6 Å². The molecular formula is C24H25FN6OS. The Bertz CT molecular complexity index is 1360. The average molecular weight is 465 g/mol. The van der Waals surface area contributed by atoms with Gasteiger partial charge in [-0.2, -0.15) is 0 Å². The number of carbonyl (C=O) groups excluding carboxylic acids is 1. The minimum absolute atomic E-state index is 0.246. The van der Waals surface area contributed by atoms with E-state index < -0.39 is 5.82 Å². The van der Waals surface area contributed by atoms with Crippen LogP contribution in [0.2, 0.25) is 0 Å². The van der Waals surface area contributed by atoms with Crippen molar-refractivity contribution in [2.45, 2.75) is 32.2 Å². The van der Waals surface area contributed by atoms with Gasteiger partial charge in [-0.25, -0.2) is 14.4 Å². The number of anilines is 2. The molecule has 2 N–H and O–H groups in total. The summed E-state index contributed by atoms with van der Waals surface area (Å²) in [4.78, 5) is 25.5. The van der Waals surface area contributed by atoms with Gasteiger partial charge in [-0.15, -0.1) is 11.3 Å². The van der Waals surface area contributed by atoms with Crippen LogP contribution in [0.25, 0.3) is 15.9 Å². The van der Waals surface area contributed by atoms with Gasteiger partial charge in [-0.3, -0.25) is 4.79 Å². The number of hydrogen-bond acceptors (Lipinski definition) is 6. The minimum atomic E-state index is -0.473. The topological polar surface area (TPSA) is 74.6 Å². The van der Waals surface area contributed by atoms with Crippen molar-refractivity contribution in [3.05, 3.63) is 53.0 Å². The van der Waals surface area contributed by atoms with Crippen LogP contribution in [-0.4, -0.2) is 46.0 Å². The van der Waals surface area contributed by atoms with Crippen molar-refractivity contribution < 1.29 is 9.18 Å². The molecule has 5 heterocycles. The predicted octanol–water partition coefficient (Wildman–Crippen LogP) is 4.22. The summed E-state index contributed by atoms with van der Waals surface area (Å²) in [5, 5.41) is 7.42. The summed E-state index contributed by atoms with van der Waals surface area (Å²) in [6, 6.07) is 7.71. The molecule has 4 aromatic rings. The van der Waals surface area contributed by atoms with Gasteiger partial charge in [0.25, 0.3) is 5.91 Å². The molecule has 9 heteroatoms. The van der Waals surface area contributed by atoms with Gasteiger partial charge in [0, 0.05) is 43.0 Å². The molecule has 1 saturated carbocycles. The van der Waals surface area contributed by atoms with Crippen molar-refractivity contribution in [1.29, 1.82) is 0 Å². The Morgan fingerprint density at radius 2 is 2.09 bits per heavy atom. The molecule has 7 nitrogen and oxygen atoms in total. The number of aryl methyl sites for hydroxylation is 1. The van der Waals surface area contributed by atoms with Gasteiger partial charge >= 0.3 is 0 Å². The summed E-state index contributed by atoms with van der Waals surface area (Å²) in [6.45, 7) is 4.88. The molecule has 0 aromatic carbocycles. The third kappa shape index (κ3) is 4.18. The minimum Gasteiger partial charge on any atom is -0.355 e. The second kappa shape index (κ2) is 8.07. The zero-order valence-electron chi connectivity index (χ0n) is 18.3. The lowest BCUT2D eigenvalue weighted by molar-refractivity contribution is 0.103. The lowest BCUT2D eigenvalue weighted by Gasteiger charge is -2.18. The molecule has 6 rings (SSSR count). The second-order valence-corrected chi connectivity index (χ2v) is 10.1. The number of amides is 1. The van der Waals surface area contributed by atoms with Gasteiger partial charge in [-0.05, 0) is 56.8 Å². The lowest BCUT2D eigenvalue weighted by Crippen LogP contribution is -2.34. The fourth-order valence-corrected chi connectivity index (χ4v) is 5.35. The van der Waals surface area contributed by atoms with Crippen LogP contribution < -0.4 is 15.5 Å². The lowest BCUT2D eigenvalue weighted by atomic mass is 10.2. The quantitative estimate of drug-likeness (QED) is 0.447. The Morgan fingerprint density at radius 1 is 1.21 bits per heavy atom. The molecule has 2 aliphatic rings. The Kier molecular flexibility index (Phi) is 5.03. The Morgan fingerprint density at radius 3 is 2.94 bits per heavy atom. The van der Waals surface area contributed by atoms with Crippen molar-refractivity contribution in [1.82, 2.24) is 19.7 Å². The van der Waals surface area contributed by atoms with Gasteiger partial charge in [0.05, 0.1) is 16.3 Å². The molecule has 1 aliphatic carbocycles. The van der Waals surface area contributed by atoms with E-state index in [9.17, 15) is 9.18 Å².